The zero-order valence-electron chi connectivity index (χ0n) is 43.3. The molecule has 22 atom stereocenters. The van der Waals surface area contributed by atoms with Crippen LogP contribution in [0, 0.1) is 6.92 Å². The number of carbonyl (C=O) groups is 2. The van der Waals surface area contributed by atoms with Crippen LogP contribution in [0.15, 0.2) is 42.5 Å². The van der Waals surface area contributed by atoms with E-state index in [1.807, 2.05) is 19.9 Å². The second kappa shape index (κ2) is 22.5. The summed E-state index contributed by atoms with van der Waals surface area (Å²) in [6.07, 6.45) is -13.8. The van der Waals surface area contributed by atoms with Crippen molar-refractivity contribution in [3.63, 3.8) is 0 Å². The number of phenols is 1. The number of ketones is 2. The summed E-state index contributed by atoms with van der Waals surface area (Å²) in [4.78, 5) is 28.1. The first kappa shape index (κ1) is 54.6. The maximum atomic E-state index is 14.1. The Hall–Kier alpha value is -3.78. The molecule has 0 aromatic heterocycles. The summed E-state index contributed by atoms with van der Waals surface area (Å²) < 4.78 is 74.3. The molecule has 0 spiro atoms. The molecule has 3 aromatic carbocycles. The van der Waals surface area contributed by atoms with Gasteiger partial charge in [0, 0.05) is 60.6 Å². The first-order valence-corrected chi connectivity index (χ1v) is 26.6. The van der Waals surface area contributed by atoms with Crippen LogP contribution in [0.1, 0.15) is 130 Å². The number of hydrogen-bond donors (Lipinski definition) is 6. The van der Waals surface area contributed by atoms with Gasteiger partial charge in [-0.25, -0.2) is 0 Å². The summed E-state index contributed by atoms with van der Waals surface area (Å²) in [7, 11) is 0. The number of benzene rings is 3. The maximum absolute atomic E-state index is 14.1. The Morgan fingerprint density at radius 3 is 1.59 bits per heavy atom. The van der Waals surface area contributed by atoms with E-state index < -0.39 is 147 Å². The van der Waals surface area contributed by atoms with Gasteiger partial charge in [0.05, 0.1) is 78.8 Å². The zero-order valence-corrected chi connectivity index (χ0v) is 43.3. The van der Waals surface area contributed by atoms with Gasteiger partial charge in [0.1, 0.15) is 35.9 Å². The van der Waals surface area contributed by atoms with E-state index in [0.29, 0.717) is 36.5 Å². The molecule has 7 aliphatic rings. The molecule has 0 radical (unpaired) electrons. The molecule has 6 N–H and O–H groups in total. The van der Waals surface area contributed by atoms with Crippen molar-refractivity contribution in [1.29, 1.82) is 0 Å². The number of aromatic hydroxyl groups is 1. The number of ether oxygens (including phenoxy) is 12. The summed E-state index contributed by atoms with van der Waals surface area (Å²) >= 11 is 0. The molecular weight excluding hydrogens is 981 g/mol. The second-order valence-electron chi connectivity index (χ2n) is 21.5. The quantitative estimate of drug-likeness (QED) is 0.115. The first-order chi connectivity index (χ1) is 35.8. The van der Waals surface area contributed by atoms with Gasteiger partial charge in [-0.1, -0.05) is 24.3 Å². The van der Waals surface area contributed by atoms with Crippen molar-refractivity contribution in [1.82, 2.24) is 0 Å². The predicted molar refractivity (Wildman–Crippen MR) is 262 cm³/mol. The van der Waals surface area contributed by atoms with Crippen molar-refractivity contribution in [3.05, 3.63) is 70.3 Å². The van der Waals surface area contributed by atoms with Crippen LogP contribution in [0.5, 0.6) is 11.5 Å². The highest BCUT2D eigenvalue weighted by atomic mass is 16.8. The summed E-state index contributed by atoms with van der Waals surface area (Å²) in [5, 5.41) is 66.8. The lowest BCUT2D eigenvalue weighted by Gasteiger charge is -2.45. The number of aliphatic hydroxyl groups is 5. The molecule has 75 heavy (non-hydrogen) atoms. The molecule has 10 rings (SSSR count). The van der Waals surface area contributed by atoms with E-state index in [1.54, 1.807) is 71.0 Å². The Morgan fingerprint density at radius 1 is 0.480 bits per heavy atom. The van der Waals surface area contributed by atoms with Crippen molar-refractivity contribution >= 4 is 22.3 Å². The second-order valence-corrected chi connectivity index (χ2v) is 21.5. The van der Waals surface area contributed by atoms with E-state index in [4.69, 9.17) is 56.8 Å². The fourth-order valence-corrected chi connectivity index (χ4v) is 11.7. The highest BCUT2D eigenvalue weighted by molar-refractivity contribution is 6.33. The van der Waals surface area contributed by atoms with Crippen molar-refractivity contribution in [3.8, 4) is 11.5 Å². The molecule has 6 heterocycles. The Kier molecular flexibility index (Phi) is 16.4. The normalized spacial score (nSPS) is 41.5. The van der Waals surface area contributed by atoms with Gasteiger partial charge in [0.2, 0.25) is 6.29 Å². The van der Waals surface area contributed by atoms with Crippen LogP contribution >= 0.6 is 0 Å². The highest BCUT2D eigenvalue weighted by Crippen LogP contribution is 2.42. The largest absolute Gasteiger partial charge is 0.507 e. The molecule has 6 saturated heterocycles. The average molecular weight is 1050 g/mol. The lowest BCUT2D eigenvalue weighted by atomic mass is 9.81. The van der Waals surface area contributed by atoms with Crippen molar-refractivity contribution in [2.75, 3.05) is 0 Å². The van der Waals surface area contributed by atoms with Crippen LogP contribution in [0.2, 0.25) is 0 Å². The fraction of sp³-hybridized carbons (Fsp3) is 0.673. The van der Waals surface area contributed by atoms with Gasteiger partial charge in [-0.3, -0.25) is 9.59 Å². The number of aliphatic hydroxyl groups excluding tert-OH is 5. The Labute approximate surface area is 435 Å². The van der Waals surface area contributed by atoms with E-state index in [0.717, 1.165) is 5.56 Å². The molecule has 3 aromatic rings. The molecule has 6 aliphatic heterocycles. The van der Waals surface area contributed by atoms with Crippen molar-refractivity contribution < 1.29 is 97.1 Å². The minimum absolute atomic E-state index is 0.0453. The summed E-state index contributed by atoms with van der Waals surface area (Å²) in [5.41, 5.74) is 1.30. The van der Waals surface area contributed by atoms with Crippen molar-refractivity contribution in [2.45, 2.75) is 235 Å². The van der Waals surface area contributed by atoms with Gasteiger partial charge in [0.15, 0.2) is 43.0 Å². The third-order valence-corrected chi connectivity index (χ3v) is 15.8. The molecule has 0 amide bonds. The summed E-state index contributed by atoms with van der Waals surface area (Å²) in [6.45, 7) is 12.4. The third-order valence-electron chi connectivity index (χ3n) is 15.8. The minimum atomic E-state index is -1.10. The molecule has 0 saturated carbocycles. The van der Waals surface area contributed by atoms with Gasteiger partial charge in [0.25, 0.3) is 0 Å². The first-order valence-electron chi connectivity index (χ1n) is 26.6. The monoisotopic (exact) mass is 1050 g/mol. The number of rotatable bonds is 12. The van der Waals surface area contributed by atoms with E-state index in [2.05, 4.69) is 0 Å². The number of phenolic OH excluding ortho intramolecular Hbond substituents is 1. The van der Waals surface area contributed by atoms with Crippen LogP contribution in [-0.4, -0.2) is 178 Å². The maximum Gasteiger partial charge on any atom is 0.202 e. The van der Waals surface area contributed by atoms with Crippen LogP contribution < -0.4 is 4.74 Å². The lowest BCUT2D eigenvalue weighted by molar-refractivity contribution is -0.340. The molecule has 6 fully saturated rings. The Bertz CT molecular complexity index is 2500. The Morgan fingerprint density at radius 2 is 0.987 bits per heavy atom. The smallest absolute Gasteiger partial charge is 0.202 e. The van der Waals surface area contributed by atoms with Gasteiger partial charge in [-0.2, -0.15) is 0 Å². The van der Waals surface area contributed by atoms with Gasteiger partial charge in [-0.05, 0) is 90.5 Å². The SMILES string of the molecule is Cc1cc(O)c2c3c(ccc2c1)C(=O)c1c(OC2CC(O)C(OC4CC(OC5CCC(OC6CC(O)C(OC7CC(OC8CCC(O)C(C)O8)C(O)C(C)O7)C(C)O6)C(C)O5)C(O)C(C)O4)C(C)O2)cccc1C3=O. The van der Waals surface area contributed by atoms with E-state index in [-0.39, 0.29) is 59.4 Å². The van der Waals surface area contributed by atoms with Gasteiger partial charge in [-0.15, -0.1) is 0 Å². The molecule has 412 valence electrons. The fourth-order valence-electron chi connectivity index (χ4n) is 11.7. The predicted octanol–water partition coefficient (Wildman–Crippen LogP) is 4.33. The standard InChI is InChI=1S/C55H72O20/c1-23-17-30-11-12-32-49(47(30)34(57)18-23)53(63)31-9-8-10-38(48(31)52(32)62)71-44-20-36(59)55(29(7)69-44)75-46-22-40(51(61)27(5)67-46)73-42-16-14-37(25(3)65-42)70-43-19-35(58)54(28(6)68-43)74-45-21-39(50(60)26(4)66-45)72-41-15-13-33(56)24(2)64-41/h8-12,17-18,24-29,33,35-37,39-46,50-51,54-61H,13-16,19-22H2,1-7H3. The van der Waals surface area contributed by atoms with Crippen LogP contribution in [-0.2, 0) is 52.1 Å². The van der Waals surface area contributed by atoms with Crippen LogP contribution in [0.3, 0.4) is 0 Å². The molecule has 20 nitrogen and oxygen atoms in total. The number of fused-ring (bicyclic) bond motifs is 4. The number of hydrogen-bond acceptors (Lipinski definition) is 20. The highest BCUT2D eigenvalue weighted by Gasteiger charge is 2.48. The number of aryl methyl sites for hydroxylation is 1. The average Bonchev–Trinajstić information content (AvgIpc) is 3.35. The molecular formula is C55H72O20. The third kappa shape index (κ3) is 11.4. The molecule has 22 unspecified atom stereocenters. The summed E-state index contributed by atoms with van der Waals surface area (Å²) in [6, 6.07) is 11.4. The molecule has 0 bridgehead atoms. The minimum Gasteiger partial charge on any atom is -0.507 e. The number of carbonyl (C=O) groups excluding carboxylic acids is 2. The lowest BCUT2D eigenvalue weighted by Crippen LogP contribution is -2.56. The van der Waals surface area contributed by atoms with E-state index in [9.17, 15) is 40.2 Å². The van der Waals surface area contributed by atoms with Crippen LogP contribution in [0.4, 0.5) is 0 Å². The van der Waals surface area contributed by atoms with Crippen LogP contribution in [0.25, 0.3) is 10.8 Å². The van der Waals surface area contributed by atoms with E-state index in [1.165, 1.54) is 0 Å². The van der Waals surface area contributed by atoms with Gasteiger partial charge >= 0.3 is 0 Å². The summed E-state index contributed by atoms with van der Waals surface area (Å²) in [5.74, 6) is -0.825. The Balaban J connectivity index is 0.691. The van der Waals surface area contributed by atoms with Crippen molar-refractivity contribution in [2.24, 2.45) is 0 Å². The van der Waals surface area contributed by atoms with Gasteiger partial charge < -0.3 is 87.5 Å². The molecule has 20 heteroatoms. The van der Waals surface area contributed by atoms with E-state index >= 15 is 0 Å². The topological polar surface area (TPSA) is 266 Å². The molecule has 1 aliphatic carbocycles. The zero-order chi connectivity index (χ0) is 53.1.